The number of aromatic nitrogens is 1. The van der Waals surface area contributed by atoms with E-state index in [0.717, 1.165) is 42.8 Å². The molecule has 0 atom stereocenters. The number of aromatic amines is 1. The Morgan fingerprint density at radius 1 is 0.862 bits per heavy atom. The van der Waals surface area contributed by atoms with E-state index in [2.05, 4.69) is 49.2 Å². The Morgan fingerprint density at radius 2 is 1.69 bits per heavy atom. The third-order valence-corrected chi connectivity index (χ3v) is 5.39. The number of rotatable bonds is 7. The number of benzene rings is 3. The number of H-pyrrole nitrogens is 1. The van der Waals surface area contributed by atoms with Crippen molar-refractivity contribution in [2.24, 2.45) is 5.73 Å². The molecule has 0 amide bonds. The molecule has 0 spiro atoms. The second-order valence-electron chi connectivity index (χ2n) is 7.67. The maximum Gasteiger partial charge on any atom is 0.128 e. The first kappa shape index (κ1) is 19.3. The molecule has 1 aromatic heterocycles. The van der Waals surface area contributed by atoms with Crippen molar-refractivity contribution in [3.05, 3.63) is 83.4 Å². The van der Waals surface area contributed by atoms with E-state index < -0.39 is 0 Å². The van der Waals surface area contributed by atoms with Gasteiger partial charge in [0.25, 0.3) is 0 Å². The Hall–Kier alpha value is -3.04. The summed E-state index contributed by atoms with van der Waals surface area (Å²) in [7, 11) is 0. The van der Waals surface area contributed by atoms with Gasteiger partial charge in [-0.25, -0.2) is 0 Å². The van der Waals surface area contributed by atoms with Crippen LogP contribution in [0.3, 0.4) is 0 Å². The van der Waals surface area contributed by atoms with Gasteiger partial charge in [0.05, 0.1) is 0 Å². The predicted octanol–water partition coefficient (Wildman–Crippen LogP) is 6.53. The third-order valence-electron chi connectivity index (χ3n) is 5.39. The van der Waals surface area contributed by atoms with Gasteiger partial charge in [0, 0.05) is 22.2 Å². The lowest BCUT2D eigenvalue weighted by molar-refractivity contribution is 0.483. The van der Waals surface area contributed by atoms with E-state index in [0.29, 0.717) is 0 Å². The monoisotopic (exact) mass is 384 g/mol. The molecule has 148 valence electrons. The molecule has 0 aliphatic rings. The Morgan fingerprint density at radius 3 is 2.45 bits per heavy atom. The topological polar surface area (TPSA) is 51.0 Å². The number of unbranched alkanes of at least 4 members (excludes halogenated alkanes) is 1. The van der Waals surface area contributed by atoms with Crippen LogP contribution in [0.5, 0.6) is 11.5 Å². The second kappa shape index (κ2) is 8.54. The summed E-state index contributed by atoms with van der Waals surface area (Å²) in [5.74, 6) is 1.71. The van der Waals surface area contributed by atoms with Gasteiger partial charge in [0.1, 0.15) is 11.5 Å². The maximum atomic E-state index is 6.09. The van der Waals surface area contributed by atoms with Crippen molar-refractivity contribution in [1.82, 2.24) is 4.98 Å². The zero-order valence-corrected chi connectivity index (χ0v) is 17.2. The molecule has 0 unspecified atom stereocenters. The molecule has 3 nitrogen and oxygen atoms in total. The highest BCUT2D eigenvalue weighted by Gasteiger charge is 2.15. The van der Waals surface area contributed by atoms with Crippen LogP contribution in [0.15, 0.2) is 66.7 Å². The largest absolute Gasteiger partial charge is 0.457 e. The van der Waals surface area contributed by atoms with Crippen molar-refractivity contribution in [1.29, 1.82) is 0 Å². The summed E-state index contributed by atoms with van der Waals surface area (Å²) in [6.07, 6.45) is 3.10. The molecule has 0 saturated carbocycles. The Balaban J connectivity index is 1.79. The standard InChI is InChI=1S/C26H28N2O/c1-18-11-13-22(19(2)16-18)26-23(10-6-7-15-27)24-17-21(12-14-25(24)28-26)29-20-8-4-3-5-9-20/h3-5,8-9,11-14,16-17,28H,6-7,10,15,27H2,1-2H3. The first-order valence-corrected chi connectivity index (χ1v) is 10.3. The van der Waals surface area contributed by atoms with Crippen molar-refractivity contribution in [3.63, 3.8) is 0 Å². The highest BCUT2D eigenvalue weighted by molar-refractivity contribution is 5.92. The molecule has 0 radical (unpaired) electrons. The van der Waals surface area contributed by atoms with Crippen LogP contribution in [0.1, 0.15) is 29.5 Å². The van der Waals surface area contributed by atoms with E-state index in [1.807, 2.05) is 36.4 Å². The van der Waals surface area contributed by atoms with Gasteiger partial charge in [-0.3, -0.25) is 0 Å². The second-order valence-corrected chi connectivity index (χ2v) is 7.67. The zero-order chi connectivity index (χ0) is 20.2. The molecular weight excluding hydrogens is 356 g/mol. The highest BCUT2D eigenvalue weighted by Crippen LogP contribution is 2.36. The van der Waals surface area contributed by atoms with Crippen molar-refractivity contribution >= 4 is 10.9 Å². The molecule has 0 aliphatic heterocycles. The fourth-order valence-electron chi connectivity index (χ4n) is 3.94. The van der Waals surface area contributed by atoms with E-state index in [1.165, 1.54) is 33.3 Å². The van der Waals surface area contributed by atoms with E-state index >= 15 is 0 Å². The Kier molecular flexibility index (Phi) is 5.68. The van der Waals surface area contributed by atoms with E-state index in [-0.39, 0.29) is 0 Å². The minimum atomic E-state index is 0.726. The van der Waals surface area contributed by atoms with Gasteiger partial charge in [0.2, 0.25) is 0 Å². The fraction of sp³-hybridized carbons (Fsp3) is 0.231. The SMILES string of the molecule is Cc1ccc(-c2[nH]c3ccc(Oc4ccccc4)cc3c2CCCCN)c(C)c1. The van der Waals surface area contributed by atoms with Gasteiger partial charge in [0.15, 0.2) is 0 Å². The summed E-state index contributed by atoms with van der Waals surface area (Å²) in [4.78, 5) is 3.67. The van der Waals surface area contributed by atoms with Crippen LogP contribution in [0.2, 0.25) is 0 Å². The molecule has 0 saturated heterocycles. The van der Waals surface area contributed by atoms with E-state index in [4.69, 9.17) is 10.5 Å². The molecule has 0 bridgehead atoms. The molecule has 3 aromatic carbocycles. The molecule has 29 heavy (non-hydrogen) atoms. The number of hydrogen-bond donors (Lipinski definition) is 2. The first-order chi connectivity index (χ1) is 14.2. The number of fused-ring (bicyclic) bond motifs is 1. The lowest BCUT2D eigenvalue weighted by Gasteiger charge is -2.09. The Bertz CT molecular complexity index is 1110. The lowest BCUT2D eigenvalue weighted by atomic mass is 9.96. The molecule has 3 N–H and O–H groups in total. The minimum absolute atomic E-state index is 0.726. The van der Waals surface area contributed by atoms with Crippen LogP contribution >= 0.6 is 0 Å². The summed E-state index contributed by atoms with van der Waals surface area (Å²) >= 11 is 0. The summed E-state index contributed by atoms with van der Waals surface area (Å²) < 4.78 is 6.09. The first-order valence-electron chi connectivity index (χ1n) is 10.3. The van der Waals surface area contributed by atoms with Crippen molar-refractivity contribution in [2.75, 3.05) is 6.54 Å². The molecule has 3 heteroatoms. The third kappa shape index (κ3) is 4.20. The van der Waals surface area contributed by atoms with Crippen LogP contribution in [0.4, 0.5) is 0 Å². The van der Waals surface area contributed by atoms with Gasteiger partial charge >= 0.3 is 0 Å². The zero-order valence-electron chi connectivity index (χ0n) is 17.2. The molecule has 0 fully saturated rings. The van der Waals surface area contributed by atoms with Crippen LogP contribution in [0.25, 0.3) is 22.2 Å². The van der Waals surface area contributed by atoms with Gasteiger partial charge < -0.3 is 15.5 Å². The van der Waals surface area contributed by atoms with Crippen LogP contribution < -0.4 is 10.5 Å². The molecule has 4 aromatic rings. The van der Waals surface area contributed by atoms with Gasteiger partial charge in [-0.05, 0) is 81.1 Å². The quantitative estimate of drug-likeness (QED) is 0.356. The van der Waals surface area contributed by atoms with E-state index in [9.17, 15) is 0 Å². The smallest absolute Gasteiger partial charge is 0.128 e. The highest BCUT2D eigenvalue weighted by atomic mass is 16.5. The Labute approximate surface area is 172 Å². The average molecular weight is 385 g/mol. The van der Waals surface area contributed by atoms with Crippen molar-refractivity contribution in [3.8, 4) is 22.8 Å². The minimum Gasteiger partial charge on any atom is -0.457 e. The summed E-state index contributed by atoms with van der Waals surface area (Å²) in [6.45, 7) is 5.04. The fourth-order valence-corrected chi connectivity index (χ4v) is 3.94. The number of nitrogens with two attached hydrogens (primary N) is 1. The lowest BCUT2D eigenvalue weighted by Crippen LogP contribution is -1.99. The number of ether oxygens (including phenoxy) is 1. The molecule has 1 heterocycles. The normalized spacial score (nSPS) is 11.1. The molecule has 0 aliphatic carbocycles. The molecule has 4 rings (SSSR count). The number of aryl methyl sites for hydroxylation is 3. The van der Waals surface area contributed by atoms with Crippen molar-refractivity contribution in [2.45, 2.75) is 33.1 Å². The van der Waals surface area contributed by atoms with Crippen molar-refractivity contribution < 1.29 is 4.74 Å². The predicted molar refractivity (Wildman–Crippen MR) is 122 cm³/mol. The number of hydrogen-bond acceptors (Lipinski definition) is 2. The van der Waals surface area contributed by atoms with Crippen LogP contribution in [-0.2, 0) is 6.42 Å². The van der Waals surface area contributed by atoms with E-state index in [1.54, 1.807) is 0 Å². The number of para-hydroxylation sites is 1. The summed E-state index contributed by atoms with van der Waals surface area (Å²) in [5, 5.41) is 1.23. The number of nitrogens with one attached hydrogen (secondary N) is 1. The average Bonchev–Trinajstić information content (AvgIpc) is 3.07. The molecular formula is C26H28N2O. The van der Waals surface area contributed by atoms with Gasteiger partial charge in [-0.1, -0.05) is 42.0 Å². The van der Waals surface area contributed by atoms with Gasteiger partial charge in [-0.2, -0.15) is 0 Å². The van der Waals surface area contributed by atoms with Crippen LogP contribution in [-0.4, -0.2) is 11.5 Å². The summed E-state index contributed by atoms with van der Waals surface area (Å²) in [6, 6.07) is 22.9. The van der Waals surface area contributed by atoms with Crippen LogP contribution in [0, 0.1) is 13.8 Å². The van der Waals surface area contributed by atoms with Gasteiger partial charge in [-0.15, -0.1) is 0 Å². The maximum absolute atomic E-state index is 6.09. The summed E-state index contributed by atoms with van der Waals surface area (Å²) in [5.41, 5.74) is 13.3.